The Morgan fingerprint density at radius 1 is 1.08 bits per heavy atom. The predicted molar refractivity (Wildman–Crippen MR) is 96.0 cm³/mol. The molecule has 0 bridgehead atoms. The van der Waals surface area contributed by atoms with Crippen LogP contribution in [0.3, 0.4) is 0 Å². The second kappa shape index (κ2) is 6.66. The molecular formula is C20H29N3O. The lowest BCUT2D eigenvalue weighted by atomic mass is 9.71. The molecule has 0 unspecified atom stereocenters. The summed E-state index contributed by atoms with van der Waals surface area (Å²) in [4.78, 5) is 9.78. The van der Waals surface area contributed by atoms with Gasteiger partial charge in [-0.2, -0.15) is 0 Å². The zero-order chi connectivity index (χ0) is 17.4. The van der Waals surface area contributed by atoms with E-state index in [-0.39, 0.29) is 0 Å². The first kappa shape index (κ1) is 17.1. The molecule has 0 saturated heterocycles. The quantitative estimate of drug-likeness (QED) is 0.761. The number of hydrogen-bond donors (Lipinski definition) is 0. The van der Waals surface area contributed by atoms with Crippen LogP contribution in [0.1, 0.15) is 74.5 Å². The van der Waals surface area contributed by atoms with Gasteiger partial charge in [-0.25, -0.2) is 9.97 Å². The predicted octanol–water partition coefficient (Wildman–Crippen LogP) is 5.16. The van der Waals surface area contributed by atoms with Gasteiger partial charge in [0.2, 0.25) is 0 Å². The molecule has 0 spiro atoms. The summed E-state index contributed by atoms with van der Waals surface area (Å²) in [6.45, 7) is 12.7. The average molecular weight is 327 g/mol. The summed E-state index contributed by atoms with van der Waals surface area (Å²) < 4.78 is 5.38. The van der Waals surface area contributed by atoms with E-state index < -0.39 is 0 Å². The van der Waals surface area contributed by atoms with Crippen molar-refractivity contribution in [1.82, 2.24) is 15.1 Å². The van der Waals surface area contributed by atoms with Gasteiger partial charge in [0.05, 0.1) is 17.0 Å². The molecule has 2 aromatic heterocycles. The van der Waals surface area contributed by atoms with Crippen molar-refractivity contribution in [2.75, 3.05) is 0 Å². The third kappa shape index (κ3) is 3.11. The van der Waals surface area contributed by atoms with Crippen LogP contribution in [0.15, 0.2) is 4.52 Å². The van der Waals surface area contributed by atoms with E-state index in [2.05, 4.69) is 32.9 Å². The molecule has 0 radical (unpaired) electrons. The molecule has 4 nitrogen and oxygen atoms in total. The van der Waals surface area contributed by atoms with E-state index in [1.165, 1.54) is 30.5 Å². The van der Waals surface area contributed by atoms with Gasteiger partial charge in [0, 0.05) is 11.6 Å². The van der Waals surface area contributed by atoms with Crippen LogP contribution in [-0.4, -0.2) is 15.1 Å². The Labute approximate surface area is 145 Å². The highest BCUT2D eigenvalue weighted by Crippen LogP contribution is 2.39. The first-order valence-electron chi connectivity index (χ1n) is 9.21. The fourth-order valence-electron chi connectivity index (χ4n) is 3.75. The van der Waals surface area contributed by atoms with Gasteiger partial charge in [0.1, 0.15) is 11.6 Å². The van der Waals surface area contributed by atoms with Gasteiger partial charge in [0.25, 0.3) is 0 Å². The Morgan fingerprint density at radius 3 is 2.33 bits per heavy atom. The van der Waals surface area contributed by atoms with E-state index in [1.54, 1.807) is 0 Å². The Kier molecular flexibility index (Phi) is 4.75. The maximum atomic E-state index is 5.38. The maximum absolute atomic E-state index is 5.38. The smallest absolute Gasteiger partial charge is 0.143 e. The van der Waals surface area contributed by atoms with Crippen molar-refractivity contribution in [2.45, 2.75) is 73.1 Å². The van der Waals surface area contributed by atoms with Gasteiger partial charge in [0.15, 0.2) is 0 Å². The van der Waals surface area contributed by atoms with Crippen LogP contribution in [0.25, 0.3) is 11.3 Å². The van der Waals surface area contributed by atoms with E-state index in [1.807, 2.05) is 13.8 Å². The van der Waals surface area contributed by atoms with Crippen molar-refractivity contribution in [1.29, 1.82) is 0 Å². The molecule has 1 fully saturated rings. The fraction of sp³-hybridized carbons (Fsp3) is 0.650. The van der Waals surface area contributed by atoms with Crippen molar-refractivity contribution >= 4 is 0 Å². The van der Waals surface area contributed by atoms with Crippen LogP contribution in [-0.2, 0) is 6.42 Å². The molecule has 0 atom stereocenters. The first-order chi connectivity index (χ1) is 11.4. The molecular weight excluding hydrogens is 298 g/mol. The van der Waals surface area contributed by atoms with Crippen LogP contribution in [0, 0.1) is 32.6 Å². The van der Waals surface area contributed by atoms with E-state index in [4.69, 9.17) is 14.5 Å². The standard InChI is InChI=1S/C20H29N3O/c1-7-15-8-16(9-15)10-17-12(4)19(22-20(21-17)11(2)3)18-13(5)23-24-14(18)6/h11,15-16H,7-10H2,1-6H3. The second-order valence-corrected chi connectivity index (χ2v) is 7.67. The third-order valence-corrected chi connectivity index (χ3v) is 5.44. The summed E-state index contributed by atoms with van der Waals surface area (Å²) in [5.41, 5.74) is 5.35. The Balaban J connectivity index is 2.00. The van der Waals surface area contributed by atoms with Crippen molar-refractivity contribution < 1.29 is 4.52 Å². The summed E-state index contributed by atoms with van der Waals surface area (Å²) in [6.07, 6.45) is 5.07. The lowest BCUT2D eigenvalue weighted by molar-refractivity contribution is 0.185. The minimum Gasteiger partial charge on any atom is -0.361 e. The summed E-state index contributed by atoms with van der Waals surface area (Å²) in [5, 5.41) is 4.11. The SMILES string of the molecule is CCC1CC(Cc2nc(C(C)C)nc(-c3c(C)noc3C)c2C)C1. The van der Waals surface area contributed by atoms with Crippen molar-refractivity contribution in [3.05, 3.63) is 28.5 Å². The second-order valence-electron chi connectivity index (χ2n) is 7.67. The topological polar surface area (TPSA) is 51.8 Å². The van der Waals surface area contributed by atoms with Gasteiger partial charge in [-0.15, -0.1) is 0 Å². The normalized spacial score (nSPS) is 20.5. The highest BCUT2D eigenvalue weighted by molar-refractivity contribution is 5.67. The minimum atomic E-state index is 0.313. The summed E-state index contributed by atoms with van der Waals surface area (Å²) in [7, 11) is 0. The molecule has 0 N–H and O–H groups in total. The number of aryl methyl sites for hydroxylation is 2. The molecule has 0 amide bonds. The van der Waals surface area contributed by atoms with E-state index in [9.17, 15) is 0 Å². The van der Waals surface area contributed by atoms with E-state index in [0.29, 0.717) is 5.92 Å². The zero-order valence-corrected chi connectivity index (χ0v) is 15.8. The number of aromatic nitrogens is 3. The van der Waals surface area contributed by atoms with Crippen molar-refractivity contribution in [3.63, 3.8) is 0 Å². The molecule has 2 heterocycles. The Morgan fingerprint density at radius 2 is 1.79 bits per heavy atom. The molecule has 0 aromatic carbocycles. The number of rotatable bonds is 5. The van der Waals surface area contributed by atoms with Crippen LogP contribution in [0.5, 0.6) is 0 Å². The lowest BCUT2D eigenvalue weighted by Gasteiger charge is -2.35. The van der Waals surface area contributed by atoms with Crippen LogP contribution in [0.4, 0.5) is 0 Å². The summed E-state index contributed by atoms with van der Waals surface area (Å²) >= 11 is 0. The zero-order valence-electron chi connectivity index (χ0n) is 15.8. The molecule has 1 aliphatic rings. The van der Waals surface area contributed by atoms with Crippen LogP contribution >= 0.6 is 0 Å². The van der Waals surface area contributed by atoms with Gasteiger partial charge >= 0.3 is 0 Å². The molecule has 4 heteroatoms. The average Bonchev–Trinajstić information content (AvgIpc) is 2.83. The molecule has 2 aromatic rings. The van der Waals surface area contributed by atoms with Crippen LogP contribution < -0.4 is 0 Å². The maximum Gasteiger partial charge on any atom is 0.143 e. The highest BCUT2D eigenvalue weighted by atomic mass is 16.5. The molecule has 3 rings (SSSR count). The van der Waals surface area contributed by atoms with Gasteiger partial charge in [-0.1, -0.05) is 32.3 Å². The summed E-state index contributed by atoms with van der Waals surface area (Å²) in [5.74, 6) is 3.78. The number of hydrogen-bond acceptors (Lipinski definition) is 4. The van der Waals surface area contributed by atoms with Crippen LogP contribution in [0.2, 0.25) is 0 Å². The molecule has 24 heavy (non-hydrogen) atoms. The van der Waals surface area contributed by atoms with Crippen molar-refractivity contribution in [3.8, 4) is 11.3 Å². The molecule has 1 aliphatic carbocycles. The summed E-state index contributed by atoms with van der Waals surface area (Å²) in [6, 6.07) is 0. The fourth-order valence-corrected chi connectivity index (χ4v) is 3.75. The molecule has 1 saturated carbocycles. The monoisotopic (exact) mass is 327 g/mol. The first-order valence-corrected chi connectivity index (χ1v) is 9.21. The van der Waals surface area contributed by atoms with E-state index >= 15 is 0 Å². The minimum absolute atomic E-state index is 0.313. The Hall–Kier alpha value is -1.71. The van der Waals surface area contributed by atoms with Crippen molar-refractivity contribution in [2.24, 2.45) is 11.8 Å². The number of nitrogens with zero attached hydrogens (tertiary/aromatic N) is 3. The molecule has 130 valence electrons. The highest BCUT2D eigenvalue weighted by Gasteiger charge is 2.29. The van der Waals surface area contributed by atoms with E-state index in [0.717, 1.165) is 46.8 Å². The molecule has 0 aliphatic heterocycles. The lowest BCUT2D eigenvalue weighted by Crippen LogP contribution is -2.25. The largest absolute Gasteiger partial charge is 0.361 e. The van der Waals surface area contributed by atoms with Gasteiger partial charge < -0.3 is 4.52 Å². The van der Waals surface area contributed by atoms with Gasteiger partial charge in [-0.05, 0) is 57.4 Å². The van der Waals surface area contributed by atoms with Gasteiger partial charge in [-0.3, -0.25) is 0 Å². The Bertz CT molecular complexity index is 707. The third-order valence-electron chi connectivity index (χ3n) is 5.44.